The van der Waals surface area contributed by atoms with Crippen molar-refractivity contribution < 1.29 is 13.2 Å². The third-order valence-corrected chi connectivity index (χ3v) is 3.76. The van der Waals surface area contributed by atoms with Gasteiger partial charge in [0.2, 0.25) is 5.91 Å². The van der Waals surface area contributed by atoms with Gasteiger partial charge in [-0.05, 0) is 12.5 Å². The van der Waals surface area contributed by atoms with Crippen LogP contribution in [0.4, 0.5) is 0 Å². The number of carbonyl (C=O) groups excluding carboxylic acids is 1. The molecule has 0 heterocycles. The molecule has 1 amide bonds. The lowest BCUT2D eigenvalue weighted by Gasteiger charge is -2.06. The SMILES string of the molecule is Cc1cccc(CS(=O)(=O)CC(=O)NCCN)c1. The molecule has 18 heavy (non-hydrogen) atoms. The molecule has 0 aromatic heterocycles. The Bertz CT molecular complexity index is 512. The second-order valence-corrected chi connectivity index (χ2v) is 6.22. The molecule has 0 radical (unpaired) electrons. The van der Waals surface area contributed by atoms with E-state index in [4.69, 9.17) is 5.73 Å². The van der Waals surface area contributed by atoms with Crippen molar-refractivity contribution in [3.63, 3.8) is 0 Å². The molecule has 0 unspecified atom stereocenters. The number of benzene rings is 1. The lowest BCUT2D eigenvalue weighted by atomic mass is 10.2. The minimum absolute atomic E-state index is 0.120. The number of nitrogens with two attached hydrogens (primary N) is 1. The first-order valence-corrected chi connectivity index (χ1v) is 7.48. The molecule has 0 aliphatic carbocycles. The zero-order valence-corrected chi connectivity index (χ0v) is 11.2. The summed E-state index contributed by atoms with van der Waals surface area (Å²) >= 11 is 0. The first-order chi connectivity index (χ1) is 8.43. The summed E-state index contributed by atoms with van der Waals surface area (Å²) in [6.45, 7) is 2.48. The maximum atomic E-state index is 11.8. The van der Waals surface area contributed by atoms with Crippen molar-refractivity contribution in [2.45, 2.75) is 12.7 Å². The van der Waals surface area contributed by atoms with Crippen LogP contribution in [-0.4, -0.2) is 33.2 Å². The summed E-state index contributed by atoms with van der Waals surface area (Å²) in [6.07, 6.45) is 0. The molecule has 1 aromatic carbocycles. The third kappa shape index (κ3) is 5.29. The zero-order chi connectivity index (χ0) is 13.6. The highest BCUT2D eigenvalue weighted by atomic mass is 32.2. The number of hydrogen-bond acceptors (Lipinski definition) is 4. The smallest absolute Gasteiger partial charge is 0.235 e. The van der Waals surface area contributed by atoms with Gasteiger partial charge in [-0.25, -0.2) is 8.42 Å². The summed E-state index contributed by atoms with van der Waals surface area (Å²) in [5.41, 5.74) is 6.91. The molecule has 0 atom stereocenters. The number of aryl methyl sites for hydroxylation is 1. The zero-order valence-electron chi connectivity index (χ0n) is 10.3. The molecule has 0 bridgehead atoms. The van der Waals surface area contributed by atoms with Crippen LogP contribution in [0.25, 0.3) is 0 Å². The van der Waals surface area contributed by atoms with E-state index in [1.165, 1.54) is 0 Å². The van der Waals surface area contributed by atoms with Crippen LogP contribution in [0.1, 0.15) is 11.1 Å². The highest BCUT2D eigenvalue weighted by Crippen LogP contribution is 2.09. The van der Waals surface area contributed by atoms with E-state index < -0.39 is 21.5 Å². The first kappa shape index (κ1) is 14.7. The van der Waals surface area contributed by atoms with E-state index in [0.717, 1.165) is 5.56 Å². The lowest BCUT2D eigenvalue weighted by Crippen LogP contribution is -2.34. The number of rotatable bonds is 6. The normalized spacial score (nSPS) is 11.2. The average molecular weight is 270 g/mol. The van der Waals surface area contributed by atoms with Crippen LogP contribution in [0.3, 0.4) is 0 Å². The molecule has 0 spiro atoms. The Morgan fingerprint density at radius 1 is 1.39 bits per heavy atom. The summed E-state index contributed by atoms with van der Waals surface area (Å²) in [5, 5.41) is 2.44. The summed E-state index contributed by atoms with van der Waals surface area (Å²) < 4.78 is 23.6. The fourth-order valence-corrected chi connectivity index (χ4v) is 2.86. The van der Waals surface area contributed by atoms with Crippen molar-refractivity contribution in [1.82, 2.24) is 5.32 Å². The summed E-state index contributed by atoms with van der Waals surface area (Å²) in [4.78, 5) is 11.3. The van der Waals surface area contributed by atoms with E-state index in [1.807, 2.05) is 13.0 Å². The predicted octanol–water partition coefficient (Wildman–Crippen LogP) is -0.0153. The molecule has 3 N–H and O–H groups in total. The van der Waals surface area contributed by atoms with Gasteiger partial charge in [0, 0.05) is 13.1 Å². The number of nitrogens with one attached hydrogen (secondary N) is 1. The van der Waals surface area contributed by atoms with Crippen molar-refractivity contribution in [3.05, 3.63) is 35.4 Å². The van der Waals surface area contributed by atoms with Gasteiger partial charge in [-0.2, -0.15) is 0 Å². The molecule has 0 aliphatic heterocycles. The fraction of sp³-hybridized carbons (Fsp3) is 0.417. The van der Waals surface area contributed by atoms with Gasteiger partial charge in [-0.3, -0.25) is 4.79 Å². The number of amides is 1. The molecule has 0 saturated heterocycles. The predicted molar refractivity (Wildman–Crippen MR) is 70.7 cm³/mol. The summed E-state index contributed by atoms with van der Waals surface area (Å²) in [7, 11) is -3.43. The van der Waals surface area contributed by atoms with Crippen molar-refractivity contribution in [2.24, 2.45) is 5.73 Å². The lowest BCUT2D eigenvalue weighted by molar-refractivity contribution is -0.118. The summed E-state index contributed by atoms with van der Waals surface area (Å²) in [6, 6.07) is 7.23. The minimum Gasteiger partial charge on any atom is -0.354 e. The first-order valence-electron chi connectivity index (χ1n) is 5.66. The second kappa shape index (κ2) is 6.51. The van der Waals surface area contributed by atoms with Crippen LogP contribution in [0.5, 0.6) is 0 Å². The van der Waals surface area contributed by atoms with Gasteiger partial charge in [-0.15, -0.1) is 0 Å². The van der Waals surface area contributed by atoms with Gasteiger partial charge in [0.1, 0.15) is 5.75 Å². The number of hydrogen-bond donors (Lipinski definition) is 2. The summed E-state index contributed by atoms with van der Waals surface area (Å²) in [5.74, 6) is -1.13. The average Bonchev–Trinajstić information content (AvgIpc) is 2.24. The maximum Gasteiger partial charge on any atom is 0.235 e. The highest BCUT2D eigenvalue weighted by Gasteiger charge is 2.16. The molecule has 0 fully saturated rings. The minimum atomic E-state index is -3.43. The monoisotopic (exact) mass is 270 g/mol. The molecule has 1 rings (SSSR count). The molecular weight excluding hydrogens is 252 g/mol. The van der Waals surface area contributed by atoms with Crippen LogP contribution in [0.15, 0.2) is 24.3 Å². The van der Waals surface area contributed by atoms with Gasteiger partial charge in [0.25, 0.3) is 0 Å². The van der Waals surface area contributed by atoms with Gasteiger partial charge in [-0.1, -0.05) is 29.8 Å². The Hall–Kier alpha value is -1.40. The van der Waals surface area contributed by atoms with E-state index in [9.17, 15) is 13.2 Å². The van der Waals surface area contributed by atoms with Crippen molar-refractivity contribution >= 4 is 15.7 Å². The molecule has 6 heteroatoms. The van der Waals surface area contributed by atoms with Crippen LogP contribution >= 0.6 is 0 Å². The van der Waals surface area contributed by atoms with Gasteiger partial charge >= 0.3 is 0 Å². The number of sulfone groups is 1. The third-order valence-electron chi connectivity index (χ3n) is 2.29. The quantitative estimate of drug-likeness (QED) is 0.760. The van der Waals surface area contributed by atoms with Crippen molar-refractivity contribution in [1.29, 1.82) is 0 Å². The Morgan fingerprint density at radius 2 is 2.11 bits per heavy atom. The van der Waals surface area contributed by atoms with Crippen molar-refractivity contribution in [2.75, 3.05) is 18.8 Å². The molecule has 0 saturated carbocycles. The Morgan fingerprint density at radius 3 is 2.72 bits per heavy atom. The van der Waals surface area contributed by atoms with Crippen LogP contribution in [0, 0.1) is 6.92 Å². The van der Waals surface area contributed by atoms with Crippen LogP contribution < -0.4 is 11.1 Å². The Kier molecular flexibility index (Phi) is 5.30. The van der Waals surface area contributed by atoms with E-state index >= 15 is 0 Å². The molecule has 0 aliphatic rings. The van der Waals surface area contributed by atoms with Gasteiger partial charge in [0.05, 0.1) is 5.75 Å². The second-order valence-electron chi connectivity index (χ2n) is 4.16. The fourth-order valence-electron chi connectivity index (χ4n) is 1.57. The van der Waals surface area contributed by atoms with Crippen LogP contribution in [0.2, 0.25) is 0 Å². The van der Waals surface area contributed by atoms with E-state index in [2.05, 4.69) is 5.32 Å². The molecular formula is C12H18N2O3S. The largest absolute Gasteiger partial charge is 0.354 e. The number of carbonyl (C=O) groups is 1. The van der Waals surface area contributed by atoms with Crippen LogP contribution in [-0.2, 0) is 20.4 Å². The van der Waals surface area contributed by atoms with E-state index in [1.54, 1.807) is 18.2 Å². The molecule has 1 aromatic rings. The molecule has 100 valence electrons. The Balaban J connectivity index is 2.62. The highest BCUT2D eigenvalue weighted by molar-refractivity contribution is 7.91. The van der Waals surface area contributed by atoms with E-state index in [0.29, 0.717) is 18.7 Å². The van der Waals surface area contributed by atoms with Crippen molar-refractivity contribution in [3.8, 4) is 0 Å². The van der Waals surface area contributed by atoms with Gasteiger partial charge < -0.3 is 11.1 Å². The maximum absolute atomic E-state index is 11.8. The topological polar surface area (TPSA) is 89.3 Å². The van der Waals surface area contributed by atoms with Gasteiger partial charge in [0.15, 0.2) is 9.84 Å². The Labute approximate surface area is 107 Å². The van der Waals surface area contributed by atoms with E-state index in [-0.39, 0.29) is 5.75 Å². The molecule has 5 nitrogen and oxygen atoms in total. The standard InChI is InChI=1S/C12H18N2O3S/c1-10-3-2-4-11(7-10)8-18(16,17)9-12(15)14-6-5-13/h2-4,7H,5-6,8-9,13H2,1H3,(H,14,15).